The van der Waals surface area contributed by atoms with E-state index in [1.165, 1.54) is 0 Å². The van der Waals surface area contributed by atoms with E-state index in [0.29, 0.717) is 22.8 Å². The van der Waals surface area contributed by atoms with Crippen molar-refractivity contribution < 1.29 is 9.90 Å². The zero-order valence-corrected chi connectivity index (χ0v) is 12.5. The van der Waals surface area contributed by atoms with Crippen molar-refractivity contribution >= 4 is 34.6 Å². The topological polar surface area (TPSA) is 64.3 Å². The number of aliphatic carboxylic acids is 1. The summed E-state index contributed by atoms with van der Waals surface area (Å²) in [5, 5.41) is 20.8. The molecule has 0 radical (unpaired) electrons. The molecule has 0 saturated carbocycles. The first-order valence-electron chi connectivity index (χ1n) is 6.37. The molecule has 2 heterocycles. The summed E-state index contributed by atoms with van der Waals surface area (Å²) < 4.78 is 0. The van der Waals surface area contributed by atoms with Gasteiger partial charge >= 0.3 is 5.97 Å². The Morgan fingerprint density at radius 2 is 2.29 bits per heavy atom. The van der Waals surface area contributed by atoms with Crippen molar-refractivity contribution in [2.75, 3.05) is 11.4 Å². The number of halogens is 1. The van der Waals surface area contributed by atoms with Crippen molar-refractivity contribution in [3.8, 4) is 6.07 Å². The van der Waals surface area contributed by atoms with E-state index in [1.54, 1.807) is 34.4 Å². The number of rotatable bonds is 2. The van der Waals surface area contributed by atoms with Gasteiger partial charge in [-0.05, 0) is 41.6 Å². The van der Waals surface area contributed by atoms with Gasteiger partial charge in [0.15, 0.2) is 6.04 Å². The number of anilines is 1. The number of benzene rings is 1. The predicted molar refractivity (Wildman–Crippen MR) is 81.9 cm³/mol. The lowest BCUT2D eigenvalue weighted by Crippen LogP contribution is -2.39. The van der Waals surface area contributed by atoms with Crippen molar-refractivity contribution in [2.24, 2.45) is 0 Å². The second kappa shape index (κ2) is 5.40. The van der Waals surface area contributed by atoms with Crippen molar-refractivity contribution in [2.45, 2.75) is 12.5 Å². The Balaban J connectivity index is 2.06. The van der Waals surface area contributed by atoms with Crippen molar-refractivity contribution in [1.82, 2.24) is 0 Å². The van der Waals surface area contributed by atoms with Crippen LogP contribution in [0.4, 0.5) is 5.69 Å². The summed E-state index contributed by atoms with van der Waals surface area (Å²) in [5.74, 6) is -0.894. The van der Waals surface area contributed by atoms with E-state index < -0.39 is 12.0 Å². The van der Waals surface area contributed by atoms with Crippen LogP contribution in [0.25, 0.3) is 0 Å². The molecular weight excluding hydrogens is 308 g/mol. The predicted octanol–water partition coefficient (Wildman–Crippen LogP) is 3.46. The second-order valence-corrected chi connectivity index (χ2v) is 6.17. The van der Waals surface area contributed by atoms with Gasteiger partial charge in [0.25, 0.3) is 0 Å². The Labute approximate surface area is 130 Å². The average Bonchev–Trinajstić information content (AvgIpc) is 2.94. The molecular formula is C15H11ClN2O2S. The molecule has 0 saturated heterocycles. The van der Waals surface area contributed by atoms with Gasteiger partial charge in [-0.3, -0.25) is 0 Å². The fraction of sp³-hybridized carbons (Fsp3) is 0.200. The minimum atomic E-state index is -0.894. The molecule has 4 nitrogen and oxygen atoms in total. The monoisotopic (exact) mass is 318 g/mol. The lowest BCUT2D eigenvalue weighted by Gasteiger charge is -2.35. The molecule has 1 aromatic carbocycles. The molecule has 0 fully saturated rings. The molecule has 21 heavy (non-hydrogen) atoms. The number of fused-ring (bicyclic) bond motifs is 1. The maximum Gasteiger partial charge on any atom is 0.331 e. The summed E-state index contributed by atoms with van der Waals surface area (Å²) in [6.45, 7) is 0.593. The molecule has 1 N–H and O–H groups in total. The van der Waals surface area contributed by atoms with Crippen LogP contribution in [0, 0.1) is 11.3 Å². The molecule has 0 amide bonds. The first kappa shape index (κ1) is 13.9. The number of carboxylic acid groups (broad SMARTS) is 1. The first-order valence-corrected chi connectivity index (χ1v) is 7.63. The zero-order valence-electron chi connectivity index (χ0n) is 10.9. The fourth-order valence-corrected chi connectivity index (χ4v) is 3.84. The molecule has 1 aromatic heterocycles. The van der Waals surface area contributed by atoms with Gasteiger partial charge < -0.3 is 10.0 Å². The van der Waals surface area contributed by atoms with Crippen LogP contribution >= 0.6 is 22.9 Å². The van der Waals surface area contributed by atoms with E-state index in [4.69, 9.17) is 16.9 Å². The lowest BCUT2D eigenvalue weighted by atomic mass is 9.99. The highest BCUT2D eigenvalue weighted by Crippen LogP contribution is 2.39. The van der Waals surface area contributed by atoms with Gasteiger partial charge in [0.05, 0.1) is 22.3 Å². The molecule has 1 aliphatic rings. The van der Waals surface area contributed by atoms with Crippen LogP contribution < -0.4 is 4.90 Å². The Hall–Kier alpha value is -2.03. The van der Waals surface area contributed by atoms with Gasteiger partial charge in [0.2, 0.25) is 0 Å². The molecule has 3 rings (SSSR count). The standard InChI is InChI=1S/C15H11ClN2O2S/c16-11-7-9(8-17)1-2-12(11)18-5-3-13-10(4-6-21-13)14(18)15(19)20/h1-2,4,6-7,14H,3,5H2,(H,19,20). The zero-order chi connectivity index (χ0) is 15.0. The van der Waals surface area contributed by atoms with Crippen molar-refractivity contribution in [3.05, 3.63) is 50.7 Å². The van der Waals surface area contributed by atoms with E-state index in [1.807, 2.05) is 17.5 Å². The fourth-order valence-electron chi connectivity index (χ4n) is 2.65. The van der Waals surface area contributed by atoms with Crippen LogP contribution in [-0.4, -0.2) is 17.6 Å². The van der Waals surface area contributed by atoms with Gasteiger partial charge in [-0.25, -0.2) is 4.79 Å². The Kier molecular flexibility index (Phi) is 3.58. The van der Waals surface area contributed by atoms with Crippen LogP contribution in [0.1, 0.15) is 22.0 Å². The van der Waals surface area contributed by atoms with Crippen LogP contribution in [0.2, 0.25) is 5.02 Å². The maximum atomic E-state index is 11.7. The molecule has 6 heteroatoms. The summed E-state index contributed by atoms with van der Waals surface area (Å²) in [7, 11) is 0. The second-order valence-electron chi connectivity index (χ2n) is 4.76. The Morgan fingerprint density at radius 1 is 1.48 bits per heavy atom. The third-order valence-electron chi connectivity index (χ3n) is 3.59. The quantitative estimate of drug-likeness (QED) is 0.921. The minimum absolute atomic E-state index is 0.402. The third kappa shape index (κ3) is 2.37. The number of thiophene rings is 1. The van der Waals surface area contributed by atoms with Gasteiger partial charge in [-0.1, -0.05) is 11.6 Å². The summed E-state index contributed by atoms with van der Waals surface area (Å²) in [6, 6.07) is 8.10. The highest BCUT2D eigenvalue weighted by molar-refractivity contribution is 7.10. The summed E-state index contributed by atoms with van der Waals surface area (Å²) in [5.41, 5.74) is 1.95. The number of carbonyl (C=O) groups is 1. The smallest absolute Gasteiger partial charge is 0.331 e. The van der Waals surface area contributed by atoms with Crippen molar-refractivity contribution in [3.63, 3.8) is 0 Å². The molecule has 0 bridgehead atoms. The number of nitriles is 1. The largest absolute Gasteiger partial charge is 0.479 e. The van der Waals surface area contributed by atoms with Crippen LogP contribution in [0.3, 0.4) is 0 Å². The highest BCUT2D eigenvalue weighted by Gasteiger charge is 2.34. The molecule has 1 unspecified atom stereocenters. The summed E-state index contributed by atoms with van der Waals surface area (Å²) in [6.07, 6.45) is 0.799. The normalized spacial score (nSPS) is 17.1. The summed E-state index contributed by atoms with van der Waals surface area (Å²) in [4.78, 5) is 14.6. The van der Waals surface area contributed by atoms with E-state index >= 15 is 0 Å². The van der Waals surface area contributed by atoms with E-state index in [2.05, 4.69) is 0 Å². The van der Waals surface area contributed by atoms with Gasteiger partial charge in [-0.15, -0.1) is 11.3 Å². The third-order valence-corrected chi connectivity index (χ3v) is 4.89. The molecule has 0 aliphatic carbocycles. The van der Waals surface area contributed by atoms with Crippen molar-refractivity contribution in [1.29, 1.82) is 5.26 Å². The molecule has 1 aliphatic heterocycles. The SMILES string of the molecule is N#Cc1ccc(N2CCc3sccc3C2C(=O)O)c(Cl)c1. The Bertz CT molecular complexity index is 750. The molecule has 106 valence electrons. The number of nitrogens with zero attached hydrogens (tertiary/aromatic N) is 2. The van der Waals surface area contributed by atoms with Gasteiger partial charge in [-0.2, -0.15) is 5.26 Å². The molecule has 0 spiro atoms. The number of carboxylic acids is 1. The molecule has 1 atom stereocenters. The van der Waals surface area contributed by atoms with Gasteiger partial charge in [0.1, 0.15) is 0 Å². The van der Waals surface area contributed by atoms with E-state index in [-0.39, 0.29) is 0 Å². The van der Waals surface area contributed by atoms with E-state index in [9.17, 15) is 9.90 Å². The minimum Gasteiger partial charge on any atom is -0.479 e. The number of hydrogen-bond donors (Lipinski definition) is 1. The maximum absolute atomic E-state index is 11.7. The average molecular weight is 319 g/mol. The van der Waals surface area contributed by atoms with Crippen LogP contribution in [0.15, 0.2) is 29.6 Å². The van der Waals surface area contributed by atoms with Gasteiger partial charge in [0, 0.05) is 11.4 Å². The Morgan fingerprint density at radius 3 is 2.95 bits per heavy atom. The number of hydrogen-bond acceptors (Lipinski definition) is 4. The highest BCUT2D eigenvalue weighted by atomic mass is 35.5. The summed E-state index contributed by atoms with van der Waals surface area (Å²) >= 11 is 7.82. The van der Waals surface area contributed by atoms with Crippen LogP contribution in [0.5, 0.6) is 0 Å². The lowest BCUT2D eigenvalue weighted by molar-refractivity contribution is -0.138. The van der Waals surface area contributed by atoms with E-state index in [0.717, 1.165) is 16.9 Å². The molecule has 2 aromatic rings. The van der Waals surface area contributed by atoms with Crippen LogP contribution in [-0.2, 0) is 11.2 Å². The first-order chi connectivity index (χ1) is 10.1.